The van der Waals surface area contributed by atoms with Crippen molar-refractivity contribution in [2.24, 2.45) is 7.05 Å². The van der Waals surface area contributed by atoms with E-state index in [2.05, 4.69) is 15.6 Å². The predicted octanol–water partition coefficient (Wildman–Crippen LogP) is -0.108. The topological polar surface area (TPSA) is 59.0 Å². The zero-order valence-corrected chi connectivity index (χ0v) is 7.87. The normalized spacial score (nSPS) is 9.69. The van der Waals surface area contributed by atoms with Crippen molar-refractivity contribution in [3.05, 3.63) is 18.2 Å². The van der Waals surface area contributed by atoms with Crippen molar-refractivity contribution in [3.8, 4) is 0 Å². The third-order valence-corrected chi connectivity index (χ3v) is 1.65. The summed E-state index contributed by atoms with van der Waals surface area (Å²) in [6.07, 6.45) is 4.44. The van der Waals surface area contributed by atoms with E-state index in [-0.39, 0.29) is 6.03 Å². The van der Waals surface area contributed by atoms with Crippen molar-refractivity contribution >= 4 is 6.03 Å². The van der Waals surface area contributed by atoms with Crippen LogP contribution < -0.4 is 10.6 Å². The molecule has 0 unspecified atom stereocenters. The first-order valence-electron chi connectivity index (χ1n) is 4.15. The molecule has 0 radical (unpaired) electrons. The zero-order chi connectivity index (χ0) is 9.68. The summed E-state index contributed by atoms with van der Waals surface area (Å²) in [5.41, 5.74) is 0.985. The molecule has 0 bridgehead atoms. The highest BCUT2D eigenvalue weighted by Gasteiger charge is 1.98. The van der Waals surface area contributed by atoms with Gasteiger partial charge in [-0.05, 0) is 0 Å². The molecule has 2 N–H and O–H groups in total. The molecule has 1 heterocycles. The van der Waals surface area contributed by atoms with Gasteiger partial charge in [0.2, 0.25) is 0 Å². The largest absolute Gasteiger partial charge is 0.341 e. The number of aromatic nitrogens is 2. The zero-order valence-electron chi connectivity index (χ0n) is 7.87. The second-order valence-corrected chi connectivity index (χ2v) is 2.79. The van der Waals surface area contributed by atoms with Crippen LogP contribution in [0.1, 0.15) is 5.69 Å². The van der Waals surface area contributed by atoms with Gasteiger partial charge in [-0.1, -0.05) is 0 Å². The van der Waals surface area contributed by atoms with Gasteiger partial charge in [-0.15, -0.1) is 0 Å². The van der Waals surface area contributed by atoms with Crippen LogP contribution in [-0.4, -0.2) is 29.2 Å². The summed E-state index contributed by atoms with van der Waals surface area (Å²) >= 11 is 0. The molecule has 0 saturated carbocycles. The Morgan fingerprint density at radius 3 is 3.00 bits per heavy atom. The van der Waals surface area contributed by atoms with E-state index >= 15 is 0 Å². The number of carbonyl (C=O) groups excluding carboxylic acids is 1. The number of nitrogens with zero attached hydrogens (tertiary/aromatic N) is 2. The van der Waals surface area contributed by atoms with E-state index in [0.29, 0.717) is 6.54 Å². The minimum absolute atomic E-state index is 0.157. The van der Waals surface area contributed by atoms with Gasteiger partial charge < -0.3 is 15.2 Å². The average Bonchev–Trinajstić information content (AvgIpc) is 2.51. The van der Waals surface area contributed by atoms with Gasteiger partial charge in [0.1, 0.15) is 0 Å². The first kappa shape index (κ1) is 9.57. The number of urea groups is 1. The fourth-order valence-corrected chi connectivity index (χ4v) is 0.989. The minimum Gasteiger partial charge on any atom is -0.341 e. The highest BCUT2D eigenvalue weighted by Crippen LogP contribution is 1.93. The number of rotatable bonds is 3. The van der Waals surface area contributed by atoms with Crippen LogP contribution in [0.15, 0.2) is 12.5 Å². The maximum absolute atomic E-state index is 10.8. The number of hydrogen-bond acceptors (Lipinski definition) is 2. The molecule has 0 fully saturated rings. The molecule has 5 nitrogen and oxygen atoms in total. The smallest absolute Gasteiger partial charge is 0.314 e. The van der Waals surface area contributed by atoms with E-state index in [1.807, 2.05) is 17.8 Å². The molecular formula is C8H14N4O. The number of nitrogens with one attached hydrogen (secondary N) is 2. The summed E-state index contributed by atoms with van der Waals surface area (Å²) in [4.78, 5) is 14.9. The highest BCUT2D eigenvalue weighted by molar-refractivity contribution is 5.73. The Morgan fingerprint density at radius 2 is 2.46 bits per heavy atom. The van der Waals surface area contributed by atoms with E-state index < -0.39 is 0 Å². The van der Waals surface area contributed by atoms with E-state index in [4.69, 9.17) is 0 Å². The second-order valence-electron chi connectivity index (χ2n) is 2.79. The molecule has 0 aliphatic rings. The number of carbonyl (C=O) groups is 1. The molecule has 0 saturated heterocycles. The van der Waals surface area contributed by atoms with E-state index in [1.165, 1.54) is 0 Å². The van der Waals surface area contributed by atoms with Gasteiger partial charge >= 0.3 is 6.03 Å². The Morgan fingerprint density at radius 1 is 1.69 bits per heavy atom. The first-order chi connectivity index (χ1) is 6.22. The maximum atomic E-state index is 10.8. The SMILES string of the molecule is CNC(=O)NCCc1cn(C)cn1. The van der Waals surface area contributed by atoms with Gasteiger partial charge in [0.15, 0.2) is 0 Å². The summed E-state index contributed by atoms with van der Waals surface area (Å²) in [6.45, 7) is 0.608. The molecule has 2 amide bonds. The van der Waals surface area contributed by atoms with E-state index in [9.17, 15) is 4.79 Å². The Bertz CT molecular complexity index is 281. The van der Waals surface area contributed by atoms with Crippen LogP contribution in [0.3, 0.4) is 0 Å². The molecular weight excluding hydrogens is 168 g/mol. The number of amides is 2. The standard InChI is InChI=1S/C8H14N4O/c1-9-8(13)10-4-3-7-5-12(2)6-11-7/h5-6H,3-4H2,1-2H3,(H2,9,10,13). The number of hydrogen-bond donors (Lipinski definition) is 2. The van der Waals surface area contributed by atoms with Crippen molar-refractivity contribution in [2.45, 2.75) is 6.42 Å². The molecule has 5 heteroatoms. The molecule has 1 aromatic rings. The van der Waals surface area contributed by atoms with Gasteiger partial charge in [-0.3, -0.25) is 0 Å². The monoisotopic (exact) mass is 182 g/mol. The lowest BCUT2D eigenvalue weighted by Crippen LogP contribution is -2.34. The Labute approximate surface area is 77.2 Å². The van der Waals surface area contributed by atoms with Gasteiger partial charge in [0.25, 0.3) is 0 Å². The van der Waals surface area contributed by atoms with Gasteiger partial charge in [0, 0.05) is 33.3 Å². The lowest BCUT2D eigenvalue weighted by atomic mass is 10.3. The van der Waals surface area contributed by atoms with Crippen molar-refractivity contribution in [1.29, 1.82) is 0 Å². The Kier molecular flexibility index (Phi) is 3.31. The fourth-order valence-electron chi connectivity index (χ4n) is 0.989. The summed E-state index contributed by atoms with van der Waals surface area (Å²) in [5, 5.41) is 5.17. The summed E-state index contributed by atoms with van der Waals surface area (Å²) < 4.78 is 1.88. The van der Waals surface area contributed by atoms with Crippen LogP contribution in [-0.2, 0) is 13.5 Å². The molecule has 72 valence electrons. The third-order valence-electron chi connectivity index (χ3n) is 1.65. The molecule has 0 spiro atoms. The summed E-state index contributed by atoms with van der Waals surface area (Å²) in [7, 11) is 3.51. The van der Waals surface area contributed by atoms with Gasteiger partial charge in [-0.2, -0.15) is 0 Å². The lowest BCUT2D eigenvalue weighted by Gasteiger charge is -2.01. The van der Waals surface area contributed by atoms with Gasteiger partial charge in [-0.25, -0.2) is 9.78 Å². The molecule has 0 aliphatic heterocycles. The molecule has 0 aliphatic carbocycles. The molecule has 0 atom stereocenters. The Balaban J connectivity index is 2.24. The third kappa shape index (κ3) is 3.14. The Hall–Kier alpha value is -1.52. The van der Waals surface area contributed by atoms with Crippen LogP contribution in [0, 0.1) is 0 Å². The van der Waals surface area contributed by atoms with Gasteiger partial charge in [0.05, 0.1) is 12.0 Å². The molecule has 13 heavy (non-hydrogen) atoms. The summed E-state index contributed by atoms with van der Waals surface area (Å²) in [5.74, 6) is 0. The molecule has 1 rings (SSSR count). The number of aryl methyl sites for hydroxylation is 1. The maximum Gasteiger partial charge on any atom is 0.314 e. The molecule has 0 aromatic carbocycles. The quantitative estimate of drug-likeness (QED) is 0.685. The van der Waals surface area contributed by atoms with Crippen molar-refractivity contribution in [2.75, 3.05) is 13.6 Å². The number of imidazole rings is 1. The summed E-state index contributed by atoms with van der Waals surface area (Å²) in [6, 6.07) is -0.157. The lowest BCUT2D eigenvalue weighted by molar-refractivity contribution is 0.243. The van der Waals surface area contributed by atoms with Crippen molar-refractivity contribution in [1.82, 2.24) is 20.2 Å². The average molecular weight is 182 g/mol. The van der Waals surface area contributed by atoms with Crippen LogP contribution in [0.2, 0.25) is 0 Å². The second kappa shape index (κ2) is 4.49. The van der Waals surface area contributed by atoms with Crippen molar-refractivity contribution < 1.29 is 4.79 Å². The fraction of sp³-hybridized carbons (Fsp3) is 0.500. The van der Waals surface area contributed by atoms with E-state index in [0.717, 1.165) is 12.1 Å². The van der Waals surface area contributed by atoms with Crippen LogP contribution in [0.5, 0.6) is 0 Å². The van der Waals surface area contributed by atoms with Crippen molar-refractivity contribution in [3.63, 3.8) is 0 Å². The minimum atomic E-state index is -0.157. The first-order valence-corrected chi connectivity index (χ1v) is 4.15. The predicted molar refractivity (Wildman–Crippen MR) is 49.4 cm³/mol. The highest BCUT2D eigenvalue weighted by atomic mass is 16.2. The van der Waals surface area contributed by atoms with E-state index in [1.54, 1.807) is 13.4 Å². The molecule has 1 aromatic heterocycles. The van der Waals surface area contributed by atoms with Crippen LogP contribution in [0.25, 0.3) is 0 Å². The van der Waals surface area contributed by atoms with Crippen LogP contribution in [0.4, 0.5) is 4.79 Å². The van der Waals surface area contributed by atoms with Crippen LogP contribution >= 0.6 is 0 Å².